The Morgan fingerprint density at radius 2 is 1.86 bits per heavy atom. The smallest absolute Gasteiger partial charge is 0.241 e. The van der Waals surface area contributed by atoms with Crippen LogP contribution in [0.15, 0.2) is 12.1 Å². The molecule has 0 unspecified atom stereocenters. The molecule has 0 aliphatic rings. The summed E-state index contributed by atoms with van der Waals surface area (Å²) in [6, 6.07) is 1.85. The van der Waals surface area contributed by atoms with E-state index in [1.54, 1.807) is 13.8 Å². The third-order valence-corrected chi connectivity index (χ3v) is 1.93. The minimum absolute atomic E-state index is 0.0743. The molecule has 1 heterocycles. The topological polar surface area (TPSA) is 12.9 Å². The summed E-state index contributed by atoms with van der Waals surface area (Å²) in [5, 5.41) is -0.122. The van der Waals surface area contributed by atoms with Crippen LogP contribution in [-0.2, 0) is 6.18 Å². The lowest BCUT2D eigenvalue weighted by atomic mass is 10.1. The third kappa shape index (κ3) is 2.61. The second-order valence-corrected chi connectivity index (χ2v) is 3.64. The van der Waals surface area contributed by atoms with Gasteiger partial charge in [-0.1, -0.05) is 25.4 Å². The predicted octanol–water partition coefficient (Wildman–Crippen LogP) is 3.88. The Morgan fingerprint density at radius 3 is 2.29 bits per heavy atom. The van der Waals surface area contributed by atoms with E-state index in [1.165, 1.54) is 0 Å². The normalized spacial score (nSPS) is 12.2. The van der Waals surface area contributed by atoms with Crippen molar-refractivity contribution in [1.82, 2.24) is 4.98 Å². The van der Waals surface area contributed by atoms with Crippen LogP contribution in [0.2, 0.25) is 5.15 Å². The molecule has 0 aromatic carbocycles. The van der Waals surface area contributed by atoms with Gasteiger partial charge in [0, 0.05) is 5.69 Å². The summed E-state index contributed by atoms with van der Waals surface area (Å²) < 4.78 is 37.0. The SMILES string of the molecule is CC(C)c1cc(C(F)(F)F)cc(Cl)n1. The van der Waals surface area contributed by atoms with Crippen molar-refractivity contribution >= 4 is 11.6 Å². The summed E-state index contributed by atoms with van der Waals surface area (Å²) in [5.74, 6) is -0.0743. The molecule has 0 N–H and O–H groups in total. The molecule has 1 aromatic rings. The fraction of sp³-hybridized carbons (Fsp3) is 0.444. The Kier molecular flexibility index (Phi) is 3.04. The summed E-state index contributed by atoms with van der Waals surface area (Å²) in [7, 11) is 0. The highest BCUT2D eigenvalue weighted by molar-refractivity contribution is 6.29. The van der Waals surface area contributed by atoms with Crippen LogP contribution in [0.5, 0.6) is 0 Å². The van der Waals surface area contributed by atoms with E-state index in [1.807, 2.05) is 0 Å². The Morgan fingerprint density at radius 1 is 1.29 bits per heavy atom. The molecule has 0 fully saturated rings. The van der Waals surface area contributed by atoms with E-state index >= 15 is 0 Å². The molecule has 14 heavy (non-hydrogen) atoms. The zero-order valence-corrected chi connectivity index (χ0v) is 8.45. The highest BCUT2D eigenvalue weighted by atomic mass is 35.5. The van der Waals surface area contributed by atoms with Gasteiger partial charge in [-0.2, -0.15) is 13.2 Å². The number of pyridine rings is 1. The largest absolute Gasteiger partial charge is 0.416 e. The van der Waals surface area contributed by atoms with Crippen LogP contribution in [0.1, 0.15) is 31.0 Å². The summed E-state index contributed by atoms with van der Waals surface area (Å²) in [6.45, 7) is 3.53. The average molecular weight is 224 g/mol. The summed E-state index contributed by atoms with van der Waals surface area (Å²) in [5.41, 5.74) is -0.397. The predicted molar refractivity (Wildman–Crippen MR) is 48.3 cm³/mol. The quantitative estimate of drug-likeness (QED) is 0.659. The fourth-order valence-electron chi connectivity index (χ4n) is 0.977. The third-order valence-electron chi connectivity index (χ3n) is 1.73. The zero-order valence-electron chi connectivity index (χ0n) is 7.69. The monoisotopic (exact) mass is 223 g/mol. The molecule has 5 heteroatoms. The number of halogens is 4. The molecular formula is C9H9ClF3N. The van der Waals surface area contributed by atoms with E-state index in [0.29, 0.717) is 5.69 Å². The molecule has 0 saturated carbocycles. The van der Waals surface area contributed by atoms with Gasteiger partial charge in [0.2, 0.25) is 0 Å². The molecule has 0 radical (unpaired) electrons. The van der Waals surface area contributed by atoms with Gasteiger partial charge in [-0.15, -0.1) is 0 Å². The second kappa shape index (κ2) is 3.77. The van der Waals surface area contributed by atoms with Crippen molar-refractivity contribution in [2.75, 3.05) is 0 Å². The Hall–Kier alpha value is -0.770. The molecule has 0 aliphatic heterocycles. The van der Waals surface area contributed by atoms with Crippen molar-refractivity contribution in [1.29, 1.82) is 0 Å². The standard InChI is InChI=1S/C9H9ClF3N/c1-5(2)7-3-6(9(11,12)13)4-8(10)14-7/h3-5H,1-2H3. The molecule has 78 valence electrons. The lowest BCUT2D eigenvalue weighted by molar-refractivity contribution is -0.137. The first-order valence-corrected chi connectivity index (χ1v) is 4.43. The molecule has 0 bridgehead atoms. The molecule has 0 amide bonds. The van der Waals surface area contributed by atoms with Gasteiger partial charge >= 0.3 is 6.18 Å². The first-order valence-electron chi connectivity index (χ1n) is 4.05. The van der Waals surface area contributed by atoms with Crippen molar-refractivity contribution in [2.45, 2.75) is 25.9 Å². The summed E-state index contributed by atoms with van der Waals surface area (Å²) in [4.78, 5) is 3.81. The maximum absolute atomic E-state index is 12.3. The van der Waals surface area contributed by atoms with Crippen LogP contribution in [0.25, 0.3) is 0 Å². The van der Waals surface area contributed by atoms with E-state index in [9.17, 15) is 13.2 Å². The molecule has 0 spiro atoms. The number of hydrogen-bond acceptors (Lipinski definition) is 1. The van der Waals surface area contributed by atoms with Gasteiger partial charge in [-0.05, 0) is 18.1 Å². The van der Waals surface area contributed by atoms with Crippen LogP contribution in [-0.4, -0.2) is 4.98 Å². The Bertz CT molecular complexity index is 333. The van der Waals surface area contributed by atoms with Gasteiger partial charge in [-0.25, -0.2) is 4.98 Å². The van der Waals surface area contributed by atoms with E-state index in [2.05, 4.69) is 4.98 Å². The van der Waals surface area contributed by atoms with Gasteiger partial charge in [0.1, 0.15) is 5.15 Å². The van der Waals surface area contributed by atoms with Crippen molar-refractivity contribution < 1.29 is 13.2 Å². The first-order chi connectivity index (χ1) is 6.30. The van der Waals surface area contributed by atoms with Gasteiger partial charge < -0.3 is 0 Å². The minimum atomic E-state index is -4.36. The maximum atomic E-state index is 12.3. The first kappa shape index (κ1) is 11.3. The Labute approximate surface area is 84.9 Å². The van der Waals surface area contributed by atoms with Crippen LogP contribution in [0.3, 0.4) is 0 Å². The molecule has 0 atom stereocenters. The van der Waals surface area contributed by atoms with Crippen LogP contribution in [0, 0.1) is 0 Å². The zero-order chi connectivity index (χ0) is 10.9. The van der Waals surface area contributed by atoms with Crippen molar-refractivity contribution in [3.8, 4) is 0 Å². The maximum Gasteiger partial charge on any atom is 0.416 e. The van der Waals surface area contributed by atoms with Gasteiger partial charge in [0.25, 0.3) is 0 Å². The van der Waals surface area contributed by atoms with Crippen LogP contribution >= 0.6 is 11.6 Å². The van der Waals surface area contributed by atoms with E-state index in [0.717, 1.165) is 12.1 Å². The van der Waals surface area contributed by atoms with E-state index < -0.39 is 11.7 Å². The number of nitrogens with zero attached hydrogens (tertiary/aromatic N) is 1. The molecule has 1 aromatic heterocycles. The average Bonchev–Trinajstić information content (AvgIpc) is 2.01. The molecule has 1 nitrogen and oxygen atoms in total. The van der Waals surface area contributed by atoms with Crippen LogP contribution < -0.4 is 0 Å². The number of alkyl halides is 3. The lowest BCUT2D eigenvalue weighted by Gasteiger charge is -2.10. The van der Waals surface area contributed by atoms with Crippen molar-refractivity contribution in [2.24, 2.45) is 0 Å². The highest BCUT2D eigenvalue weighted by Crippen LogP contribution is 2.32. The summed E-state index contributed by atoms with van der Waals surface area (Å²) >= 11 is 5.49. The molecular weight excluding hydrogens is 215 g/mol. The lowest BCUT2D eigenvalue weighted by Crippen LogP contribution is -2.07. The molecule has 0 saturated heterocycles. The van der Waals surface area contributed by atoms with Gasteiger partial charge in [0.05, 0.1) is 5.56 Å². The van der Waals surface area contributed by atoms with Crippen molar-refractivity contribution in [3.63, 3.8) is 0 Å². The highest BCUT2D eigenvalue weighted by Gasteiger charge is 2.31. The summed E-state index contributed by atoms with van der Waals surface area (Å²) in [6.07, 6.45) is -4.36. The number of aromatic nitrogens is 1. The van der Waals surface area contributed by atoms with E-state index in [-0.39, 0.29) is 11.1 Å². The van der Waals surface area contributed by atoms with Gasteiger partial charge in [0.15, 0.2) is 0 Å². The fourth-order valence-corrected chi connectivity index (χ4v) is 1.19. The minimum Gasteiger partial charge on any atom is -0.241 e. The van der Waals surface area contributed by atoms with Crippen molar-refractivity contribution in [3.05, 3.63) is 28.5 Å². The van der Waals surface area contributed by atoms with Gasteiger partial charge in [-0.3, -0.25) is 0 Å². The Balaban J connectivity index is 3.21. The molecule has 0 aliphatic carbocycles. The second-order valence-electron chi connectivity index (χ2n) is 3.26. The number of hydrogen-bond donors (Lipinski definition) is 0. The molecule has 1 rings (SSSR count). The van der Waals surface area contributed by atoms with Crippen LogP contribution in [0.4, 0.5) is 13.2 Å². The van der Waals surface area contributed by atoms with E-state index in [4.69, 9.17) is 11.6 Å². The number of rotatable bonds is 1.